The van der Waals surface area contributed by atoms with Gasteiger partial charge in [0.15, 0.2) is 6.29 Å². The van der Waals surface area contributed by atoms with Crippen molar-refractivity contribution in [1.29, 1.82) is 0 Å². The van der Waals surface area contributed by atoms with Gasteiger partial charge in [-0.25, -0.2) is 4.79 Å². The van der Waals surface area contributed by atoms with E-state index >= 15 is 0 Å². The minimum atomic E-state index is -1.06. The van der Waals surface area contributed by atoms with Gasteiger partial charge in [0, 0.05) is 11.6 Å². The Labute approximate surface area is 216 Å². The molecular weight excluding hydrogens is 456 g/mol. The fourth-order valence-electron chi connectivity index (χ4n) is 5.75. The molecule has 0 aromatic heterocycles. The van der Waals surface area contributed by atoms with E-state index in [1.165, 1.54) is 32.1 Å². The average molecular weight is 501 g/mol. The van der Waals surface area contributed by atoms with Crippen LogP contribution in [0.3, 0.4) is 0 Å². The molecule has 0 saturated heterocycles. The van der Waals surface area contributed by atoms with Crippen LogP contribution in [-0.2, 0) is 19.1 Å². The second-order valence-corrected chi connectivity index (χ2v) is 10.5. The smallest absolute Gasteiger partial charge is 0.330 e. The van der Waals surface area contributed by atoms with Gasteiger partial charge in [-0.05, 0) is 93.7 Å². The fourth-order valence-corrected chi connectivity index (χ4v) is 5.75. The van der Waals surface area contributed by atoms with Crippen molar-refractivity contribution in [2.24, 2.45) is 23.7 Å². The molecule has 3 rings (SSSR count). The van der Waals surface area contributed by atoms with Gasteiger partial charge in [0.25, 0.3) is 0 Å². The molecule has 0 amide bonds. The molecule has 0 bridgehead atoms. The lowest BCUT2D eigenvalue weighted by molar-refractivity contribution is -0.140. The zero-order valence-corrected chi connectivity index (χ0v) is 22.1. The Balaban J connectivity index is 1.39. The topological polar surface area (TPSA) is 82.1 Å². The maximum atomic E-state index is 12.9. The van der Waals surface area contributed by atoms with E-state index in [0.717, 1.165) is 55.1 Å². The molecule has 2 aliphatic rings. The van der Waals surface area contributed by atoms with Gasteiger partial charge in [0.05, 0.1) is 19.1 Å². The molecule has 1 N–H and O–H groups in total. The van der Waals surface area contributed by atoms with Crippen molar-refractivity contribution in [3.63, 3.8) is 0 Å². The summed E-state index contributed by atoms with van der Waals surface area (Å²) in [7, 11) is 0. The van der Waals surface area contributed by atoms with Gasteiger partial charge in [0.1, 0.15) is 5.75 Å². The third kappa shape index (κ3) is 8.45. The predicted octanol–water partition coefficient (Wildman–Crippen LogP) is 6.44. The molecule has 0 heterocycles. The zero-order valence-electron chi connectivity index (χ0n) is 22.1. The summed E-state index contributed by atoms with van der Waals surface area (Å²) in [5.41, 5.74) is 1.41. The summed E-state index contributed by atoms with van der Waals surface area (Å²) in [4.78, 5) is 23.9. The van der Waals surface area contributed by atoms with Crippen LogP contribution in [0.25, 0.3) is 0 Å². The highest BCUT2D eigenvalue weighted by atomic mass is 16.6. The lowest BCUT2D eigenvalue weighted by Gasteiger charge is -2.37. The highest BCUT2D eigenvalue weighted by molar-refractivity contribution is 5.81. The van der Waals surface area contributed by atoms with Gasteiger partial charge in [-0.3, -0.25) is 4.79 Å². The highest BCUT2D eigenvalue weighted by Gasteiger charge is 2.33. The van der Waals surface area contributed by atoms with Gasteiger partial charge in [-0.2, -0.15) is 0 Å². The van der Waals surface area contributed by atoms with Gasteiger partial charge in [0.2, 0.25) is 0 Å². The molecule has 36 heavy (non-hydrogen) atoms. The molecule has 2 saturated carbocycles. The second kappa shape index (κ2) is 14.5. The molecule has 1 aromatic rings. The molecule has 1 atom stereocenters. The number of aliphatic hydroxyl groups excluding tert-OH is 1. The number of aryl methyl sites for hydroxylation is 1. The van der Waals surface area contributed by atoms with E-state index in [1.54, 1.807) is 18.2 Å². The minimum absolute atomic E-state index is 0.0213. The molecular formula is C30H44O6. The number of carbonyl (C=O) groups is 2. The van der Waals surface area contributed by atoms with E-state index in [-0.39, 0.29) is 11.9 Å². The third-order valence-electron chi connectivity index (χ3n) is 8.16. The number of hydrogen-bond acceptors (Lipinski definition) is 6. The van der Waals surface area contributed by atoms with Crippen LogP contribution in [0.5, 0.6) is 5.75 Å². The monoisotopic (exact) mass is 500 g/mol. The van der Waals surface area contributed by atoms with Gasteiger partial charge in [-0.1, -0.05) is 38.8 Å². The fraction of sp³-hybridized carbons (Fsp3) is 0.667. The average Bonchev–Trinajstić information content (AvgIpc) is 2.91. The SMILES string of the molecule is C=CC(=O)OCCCCOC(O)c1ccc(OC(=O)C2CCC(C3CCC(CC)CC3)CC2)c(C)c1. The van der Waals surface area contributed by atoms with Crippen molar-refractivity contribution in [1.82, 2.24) is 0 Å². The lowest BCUT2D eigenvalue weighted by atomic mass is 9.69. The summed E-state index contributed by atoms with van der Waals surface area (Å²) in [5, 5.41) is 10.3. The molecule has 0 aliphatic heterocycles. The predicted molar refractivity (Wildman–Crippen MR) is 139 cm³/mol. The lowest BCUT2D eigenvalue weighted by Crippen LogP contribution is -2.30. The van der Waals surface area contributed by atoms with Crippen LogP contribution in [0.1, 0.15) is 95.0 Å². The number of ether oxygens (including phenoxy) is 3. The standard InChI is InChI=1S/C30H44O6/c1-4-22-8-10-23(11-9-22)24-12-14-25(15-13-24)30(33)36-27-17-16-26(20-21(27)3)29(32)35-19-7-6-18-34-28(31)5-2/h5,16-17,20,22-25,29,32H,2,4,6-15,18-19H2,1,3H3. The maximum absolute atomic E-state index is 12.9. The number of carbonyl (C=O) groups excluding carboxylic acids is 2. The van der Waals surface area contributed by atoms with Crippen LogP contribution in [0.15, 0.2) is 30.9 Å². The maximum Gasteiger partial charge on any atom is 0.330 e. The Hall–Kier alpha value is -2.18. The van der Waals surface area contributed by atoms with Crippen molar-refractivity contribution in [3.8, 4) is 5.75 Å². The summed E-state index contributed by atoms with van der Waals surface area (Å²) in [6.07, 6.45) is 12.3. The first kappa shape index (κ1) is 28.4. The van der Waals surface area contributed by atoms with E-state index in [9.17, 15) is 14.7 Å². The number of esters is 2. The number of aliphatic hydroxyl groups is 1. The number of rotatable bonds is 12. The summed E-state index contributed by atoms with van der Waals surface area (Å²) in [6, 6.07) is 5.26. The molecule has 2 fully saturated rings. The second-order valence-electron chi connectivity index (χ2n) is 10.5. The van der Waals surface area contributed by atoms with E-state index in [4.69, 9.17) is 14.2 Å². The van der Waals surface area contributed by atoms with Crippen molar-refractivity contribution in [2.45, 2.75) is 90.8 Å². The first-order valence-corrected chi connectivity index (χ1v) is 13.8. The van der Waals surface area contributed by atoms with Gasteiger partial charge in [-0.15, -0.1) is 0 Å². The first-order chi connectivity index (χ1) is 17.4. The van der Waals surface area contributed by atoms with Crippen LogP contribution in [0.2, 0.25) is 0 Å². The molecule has 1 unspecified atom stereocenters. The summed E-state index contributed by atoms with van der Waals surface area (Å²) in [6.45, 7) is 8.16. The Kier molecular flexibility index (Phi) is 11.5. The summed E-state index contributed by atoms with van der Waals surface area (Å²) < 4.78 is 16.2. The minimum Gasteiger partial charge on any atom is -0.463 e. The van der Waals surface area contributed by atoms with Crippen LogP contribution in [-0.4, -0.2) is 30.3 Å². The Morgan fingerprint density at radius 2 is 1.67 bits per heavy atom. The van der Waals surface area contributed by atoms with E-state index in [0.29, 0.717) is 37.4 Å². The first-order valence-electron chi connectivity index (χ1n) is 13.8. The number of hydrogen-bond donors (Lipinski definition) is 1. The third-order valence-corrected chi connectivity index (χ3v) is 8.16. The molecule has 2 aliphatic carbocycles. The largest absolute Gasteiger partial charge is 0.463 e. The van der Waals surface area contributed by atoms with Crippen molar-refractivity contribution in [3.05, 3.63) is 42.0 Å². The molecule has 0 spiro atoms. The molecule has 1 aromatic carbocycles. The Morgan fingerprint density at radius 1 is 1.03 bits per heavy atom. The zero-order chi connectivity index (χ0) is 25.9. The summed E-state index contributed by atoms with van der Waals surface area (Å²) >= 11 is 0. The quantitative estimate of drug-likeness (QED) is 0.117. The van der Waals surface area contributed by atoms with Gasteiger partial charge < -0.3 is 19.3 Å². The van der Waals surface area contributed by atoms with Crippen LogP contribution < -0.4 is 4.74 Å². The van der Waals surface area contributed by atoms with Crippen molar-refractivity contribution in [2.75, 3.05) is 13.2 Å². The van der Waals surface area contributed by atoms with Crippen molar-refractivity contribution < 1.29 is 28.9 Å². The number of unbranched alkanes of at least 4 members (excludes halogenated alkanes) is 1. The van der Waals surface area contributed by atoms with Crippen LogP contribution in [0.4, 0.5) is 0 Å². The normalized spacial score (nSPS) is 25.1. The Morgan fingerprint density at radius 3 is 2.28 bits per heavy atom. The van der Waals surface area contributed by atoms with E-state index in [2.05, 4.69) is 13.5 Å². The van der Waals surface area contributed by atoms with Crippen molar-refractivity contribution >= 4 is 11.9 Å². The van der Waals surface area contributed by atoms with E-state index in [1.807, 2.05) is 6.92 Å². The molecule has 6 nitrogen and oxygen atoms in total. The highest BCUT2D eigenvalue weighted by Crippen LogP contribution is 2.42. The number of benzene rings is 1. The van der Waals surface area contributed by atoms with Crippen LogP contribution in [0, 0.1) is 30.6 Å². The Bertz CT molecular complexity index is 849. The molecule has 200 valence electrons. The van der Waals surface area contributed by atoms with Crippen LogP contribution >= 0.6 is 0 Å². The molecule has 6 heteroatoms. The summed E-state index contributed by atoms with van der Waals surface area (Å²) in [5.74, 6) is 2.50. The van der Waals surface area contributed by atoms with E-state index < -0.39 is 12.3 Å². The molecule has 0 radical (unpaired) electrons. The van der Waals surface area contributed by atoms with Gasteiger partial charge >= 0.3 is 11.9 Å².